The third kappa shape index (κ3) is 3.53. The molecule has 2 N–H and O–H groups in total. The van der Waals surface area contributed by atoms with Crippen LogP contribution in [-0.2, 0) is 4.79 Å². The van der Waals surface area contributed by atoms with Crippen molar-refractivity contribution in [2.24, 2.45) is 5.41 Å². The van der Waals surface area contributed by atoms with Gasteiger partial charge in [-0.2, -0.15) is 0 Å². The van der Waals surface area contributed by atoms with Crippen molar-refractivity contribution in [1.29, 1.82) is 0 Å². The number of urea groups is 1. The first-order valence-corrected chi connectivity index (χ1v) is 7.82. The van der Waals surface area contributed by atoms with Crippen molar-refractivity contribution < 1.29 is 14.7 Å². The van der Waals surface area contributed by atoms with Gasteiger partial charge in [0, 0.05) is 36.6 Å². The average Bonchev–Trinajstić information content (AvgIpc) is 3.03. The molecule has 1 aromatic heterocycles. The topological polar surface area (TPSA) is 82.5 Å². The number of carboxylic acid groups (broad SMARTS) is 1. The number of likely N-dealkylation sites (tertiary alicyclic amines) is 1. The summed E-state index contributed by atoms with van der Waals surface area (Å²) in [5, 5.41) is 13.0. The Labute approximate surface area is 128 Å². The van der Waals surface area contributed by atoms with Crippen LogP contribution in [0.25, 0.3) is 0 Å². The minimum Gasteiger partial charge on any atom is -0.481 e. The highest BCUT2D eigenvalue weighted by molar-refractivity contribution is 7.11. The molecule has 1 saturated heterocycles. The van der Waals surface area contributed by atoms with Gasteiger partial charge in [0.25, 0.3) is 0 Å². The number of nitrogens with one attached hydrogen (secondary N) is 1. The summed E-state index contributed by atoms with van der Waals surface area (Å²) in [5.74, 6) is -0.689. The molecule has 1 fully saturated rings. The second-order valence-electron chi connectivity index (χ2n) is 5.93. The highest BCUT2D eigenvalue weighted by atomic mass is 32.1. The molecule has 1 aromatic rings. The Morgan fingerprint density at radius 3 is 2.86 bits per heavy atom. The number of rotatable bonds is 4. The second-order valence-corrected chi connectivity index (χ2v) is 7.20. The third-order valence-corrected chi connectivity index (χ3v) is 5.04. The van der Waals surface area contributed by atoms with Crippen LogP contribution >= 0.6 is 11.3 Å². The molecule has 2 heterocycles. The molecule has 2 rings (SSSR count). The van der Waals surface area contributed by atoms with Gasteiger partial charge in [-0.25, -0.2) is 9.78 Å². The van der Waals surface area contributed by atoms with E-state index in [4.69, 9.17) is 0 Å². The number of hydrogen-bond donors (Lipinski definition) is 2. The zero-order valence-corrected chi connectivity index (χ0v) is 13.4. The van der Waals surface area contributed by atoms with Gasteiger partial charge in [0.05, 0.1) is 10.4 Å². The number of aryl methyl sites for hydroxylation is 1. The highest BCUT2D eigenvalue weighted by Gasteiger charge is 2.42. The zero-order chi connectivity index (χ0) is 15.6. The Morgan fingerprint density at radius 1 is 1.62 bits per heavy atom. The van der Waals surface area contributed by atoms with Crippen LogP contribution in [0.5, 0.6) is 0 Å². The smallest absolute Gasteiger partial charge is 0.317 e. The molecule has 0 bridgehead atoms. The van der Waals surface area contributed by atoms with Crippen molar-refractivity contribution in [3.05, 3.63) is 16.1 Å². The first kappa shape index (κ1) is 15.8. The van der Waals surface area contributed by atoms with E-state index < -0.39 is 11.4 Å². The number of aliphatic carboxylic acids is 1. The molecule has 116 valence electrons. The highest BCUT2D eigenvalue weighted by Crippen LogP contribution is 2.30. The van der Waals surface area contributed by atoms with Crippen LogP contribution in [0.4, 0.5) is 4.79 Å². The van der Waals surface area contributed by atoms with Crippen molar-refractivity contribution in [1.82, 2.24) is 15.2 Å². The maximum atomic E-state index is 12.1. The predicted octanol–water partition coefficient (Wildman–Crippen LogP) is 2.06. The van der Waals surface area contributed by atoms with Crippen molar-refractivity contribution in [2.45, 2.75) is 33.1 Å². The van der Waals surface area contributed by atoms with Crippen molar-refractivity contribution >= 4 is 23.3 Å². The molecule has 1 aliphatic heterocycles. The Morgan fingerprint density at radius 2 is 2.33 bits per heavy atom. The van der Waals surface area contributed by atoms with Crippen LogP contribution in [0.1, 0.15) is 36.1 Å². The third-order valence-electron chi connectivity index (χ3n) is 3.90. The van der Waals surface area contributed by atoms with Gasteiger partial charge >= 0.3 is 12.0 Å². The monoisotopic (exact) mass is 311 g/mol. The lowest BCUT2D eigenvalue weighted by Crippen LogP contribution is -2.42. The van der Waals surface area contributed by atoms with Crippen LogP contribution < -0.4 is 5.32 Å². The molecular formula is C14H21N3O3S. The molecule has 0 aromatic carbocycles. The van der Waals surface area contributed by atoms with Gasteiger partial charge in [0.2, 0.25) is 0 Å². The molecule has 21 heavy (non-hydrogen) atoms. The normalized spacial score (nSPS) is 23.1. The summed E-state index contributed by atoms with van der Waals surface area (Å²) >= 11 is 1.63. The van der Waals surface area contributed by atoms with E-state index in [0.29, 0.717) is 19.5 Å². The van der Waals surface area contributed by atoms with E-state index in [1.54, 1.807) is 23.2 Å². The first-order valence-electron chi connectivity index (χ1n) is 7.00. The predicted molar refractivity (Wildman–Crippen MR) is 80.6 cm³/mol. The van der Waals surface area contributed by atoms with E-state index in [1.807, 2.05) is 20.0 Å². The standard InChI is InChI=1S/C14H21N3O3S/c1-9(11-15-7-10(2)21-11)6-16-13(20)17-5-4-14(3,8-17)12(18)19/h7,9H,4-6,8H2,1-3H3,(H,16,20)(H,18,19). The summed E-state index contributed by atoms with van der Waals surface area (Å²) in [6.07, 6.45) is 2.33. The Balaban J connectivity index is 1.84. The molecular weight excluding hydrogens is 290 g/mol. The van der Waals surface area contributed by atoms with Gasteiger partial charge in [-0.3, -0.25) is 4.79 Å². The van der Waals surface area contributed by atoms with Gasteiger partial charge in [-0.05, 0) is 20.3 Å². The lowest BCUT2D eigenvalue weighted by atomic mass is 9.90. The molecule has 6 nitrogen and oxygen atoms in total. The van der Waals surface area contributed by atoms with Crippen LogP contribution in [0, 0.1) is 12.3 Å². The van der Waals surface area contributed by atoms with E-state index in [9.17, 15) is 14.7 Å². The zero-order valence-electron chi connectivity index (χ0n) is 12.5. The lowest BCUT2D eigenvalue weighted by molar-refractivity contribution is -0.146. The molecule has 2 amide bonds. The van der Waals surface area contributed by atoms with Gasteiger partial charge in [0.1, 0.15) is 0 Å². The lowest BCUT2D eigenvalue weighted by Gasteiger charge is -2.21. The molecule has 1 aliphatic rings. The first-order chi connectivity index (χ1) is 9.82. The summed E-state index contributed by atoms with van der Waals surface area (Å²) in [4.78, 5) is 30.3. The summed E-state index contributed by atoms with van der Waals surface area (Å²) in [5.41, 5.74) is -0.824. The Hall–Kier alpha value is -1.63. The van der Waals surface area contributed by atoms with Gasteiger partial charge in [0.15, 0.2) is 0 Å². The van der Waals surface area contributed by atoms with Crippen LogP contribution in [-0.4, -0.2) is 46.6 Å². The molecule has 0 aliphatic carbocycles. The summed E-state index contributed by atoms with van der Waals surface area (Å²) < 4.78 is 0. The summed E-state index contributed by atoms with van der Waals surface area (Å²) in [6.45, 7) is 6.96. The number of carbonyl (C=O) groups is 2. The molecule has 2 unspecified atom stereocenters. The molecule has 0 radical (unpaired) electrons. The average molecular weight is 311 g/mol. The van der Waals surface area contributed by atoms with E-state index in [1.165, 1.54) is 0 Å². The van der Waals surface area contributed by atoms with Crippen molar-refractivity contribution in [3.63, 3.8) is 0 Å². The minimum absolute atomic E-state index is 0.154. The fraction of sp³-hybridized carbons (Fsp3) is 0.643. The summed E-state index contributed by atoms with van der Waals surface area (Å²) in [7, 11) is 0. The Bertz CT molecular complexity index is 545. The number of carbonyl (C=O) groups excluding carboxylic acids is 1. The van der Waals surface area contributed by atoms with E-state index in [-0.39, 0.29) is 18.5 Å². The van der Waals surface area contributed by atoms with E-state index in [2.05, 4.69) is 10.3 Å². The fourth-order valence-electron chi connectivity index (χ4n) is 2.35. The second kappa shape index (κ2) is 6.01. The Kier molecular flexibility index (Phi) is 4.51. The molecule has 0 spiro atoms. The van der Waals surface area contributed by atoms with Crippen molar-refractivity contribution in [3.8, 4) is 0 Å². The molecule has 7 heteroatoms. The number of carboxylic acids is 1. The maximum Gasteiger partial charge on any atom is 0.317 e. The largest absolute Gasteiger partial charge is 0.481 e. The molecule has 2 atom stereocenters. The van der Waals surface area contributed by atoms with Gasteiger partial charge in [-0.15, -0.1) is 11.3 Å². The summed E-state index contributed by atoms with van der Waals surface area (Å²) in [6, 6.07) is -0.194. The number of nitrogens with zero attached hydrogens (tertiary/aromatic N) is 2. The molecule has 0 saturated carbocycles. The van der Waals surface area contributed by atoms with Crippen LogP contribution in [0.2, 0.25) is 0 Å². The minimum atomic E-state index is -0.843. The van der Waals surface area contributed by atoms with Gasteiger partial charge in [-0.1, -0.05) is 6.92 Å². The number of amides is 2. The van der Waals surface area contributed by atoms with E-state index >= 15 is 0 Å². The fourth-order valence-corrected chi connectivity index (χ4v) is 3.17. The van der Waals surface area contributed by atoms with Crippen molar-refractivity contribution in [2.75, 3.05) is 19.6 Å². The number of aromatic nitrogens is 1. The quantitative estimate of drug-likeness (QED) is 0.891. The van der Waals surface area contributed by atoms with Crippen LogP contribution in [0.15, 0.2) is 6.20 Å². The number of hydrogen-bond acceptors (Lipinski definition) is 4. The van der Waals surface area contributed by atoms with Crippen LogP contribution in [0.3, 0.4) is 0 Å². The number of thiazole rings is 1. The van der Waals surface area contributed by atoms with Gasteiger partial charge < -0.3 is 15.3 Å². The van der Waals surface area contributed by atoms with E-state index in [0.717, 1.165) is 9.88 Å². The SMILES string of the molecule is Cc1cnc(C(C)CNC(=O)N2CCC(C)(C(=O)O)C2)s1. The maximum absolute atomic E-state index is 12.1.